The van der Waals surface area contributed by atoms with Crippen molar-refractivity contribution in [1.29, 1.82) is 0 Å². The lowest BCUT2D eigenvalue weighted by atomic mass is 10.1. The average Bonchev–Trinajstić information content (AvgIpc) is 2.96. The molecule has 0 fully saturated rings. The fourth-order valence-corrected chi connectivity index (χ4v) is 2.81. The van der Waals surface area contributed by atoms with Crippen LogP contribution in [0.3, 0.4) is 0 Å². The van der Waals surface area contributed by atoms with Gasteiger partial charge >= 0.3 is 0 Å². The van der Waals surface area contributed by atoms with Gasteiger partial charge in [0.25, 0.3) is 0 Å². The van der Waals surface area contributed by atoms with E-state index < -0.39 is 0 Å². The first kappa shape index (κ1) is 14.2. The highest BCUT2D eigenvalue weighted by Crippen LogP contribution is 2.16. The molecule has 2 aromatic heterocycles. The van der Waals surface area contributed by atoms with Crippen LogP contribution in [0.5, 0.6) is 0 Å². The molecule has 0 spiro atoms. The number of thioether (sulfide) groups is 1. The third-order valence-electron chi connectivity index (χ3n) is 3.33. The summed E-state index contributed by atoms with van der Waals surface area (Å²) in [6.07, 6.45) is 3.92. The summed E-state index contributed by atoms with van der Waals surface area (Å²) in [5, 5.41) is 4.60. The fraction of sp³-hybridized carbons (Fsp3) is 0.235. The molecular formula is C17H18N2OS. The number of benzene rings is 1. The summed E-state index contributed by atoms with van der Waals surface area (Å²) in [5.74, 6) is 2.94. The fourth-order valence-electron chi connectivity index (χ4n) is 2.37. The number of hydrogen-bond donors (Lipinski definition) is 1. The lowest BCUT2D eigenvalue weighted by Gasteiger charge is -2.06. The van der Waals surface area contributed by atoms with Gasteiger partial charge in [-0.05, 0) is 30.0 Å². The number of nitrogens with zero attached hydrogens (tertiary/aromatic N) is 1. The van der Waals surface area contributed by atoms with Gasteiger partial charge in [0.2, 0.25) is 0 Å². The Labute approximate surface area is 128 Å². The number of aromatic nitrogens is 1. The Kier molecular flexibility index (Phi) is 4.58. The van der Waals surface area contributed by atoms with E-state index in [1.165, 1.54) is 10.9 Å². The molecule has 0 saturated carbocycles. The number of rotatable bonds is 6. The van der Waals surface area contributed by atoms with Crippen LogP contribution in [0.1, 0.15) is 17.1 Å². The molecule has 0 saturated heterocycles. The molecule has 0 aliphatic heterocycles. The molecule has 0 unspecified atom stereocenters. The van der Waals surface area contributed by atoms with E-state index in [2.05, 4.69) is 40.8 Å². The van der Waals surface area contributed by atoms with Crippen molar-refractivity contribution >= 4 is 22.7 Å². The Morgan fingerprint density at radius 2 is 1.90 bits per heavy atom. The molecule has 3 aromatic rings. The molecule has 0 radical (unpaired) electrons. The lowest BCUT2D eigenvalue weighted by molar-refractivity contribution is 0.459. The van der Waals surface area contributed by atoms with E-state index in [1.54, 1.807) is 11.8 Å². The highest BCUT2D eigenvalue weighted by atomic mass is 32.2. The van der Waals surface area contributed by atoms with Gasteiger partial charge in [-0.15, -0.1) is 0 Å². The molecule has 0 amide bonds. The minimum absolute atomic E-state index is 0.734. The van der Waals surface area contributed by atoms with Crippen LogP contribution in [-0.2, 0) is 18.8 Å². The smallest absolute Gasteiger partial charge is 0.118 e. The number of nitrogens with one attached hydrogen (secondary N) is 1. The quantitative estimate of drug-likeness (QED) is 0.747. The molecule has 4 heteroatoms. The number of fused-ring (bicyclic) bond motifs is 1. The summed E-state index contributed by atoms with van der Waals surface area (Å²) in [5.41, 5.74) is 2.28. The van der Waals surface area contributed by atoms with Crippen LogP contribution in [0.2, 0.25) is 0 Å². The monoisotopic (exact) mass is 298 g/mol. The van der Waals surface area contributed by atoms with E-state index in [1.807, 2.05) is 24.4 Å². The highest BCUT2D eigenvalue weighted by Gasteiger charge is 2.04. The lowest BCUT2D eigenvalue weighted by Crippen LogP contribution is -2.12. The van der Waals surface area contributed by atoms with Crippen molar-refractivity contribution in [3.05, 3.63) is 65.7 Å². The number of pyridine rings is 1. The standard InChI is InChI=1S/C17H18N2OS/c1-21-12-16-8-7-15(20-16)11-18-10-14-5-2-4-13-6-3-9-19-17(13)14/h2-9,18H,10-12H2,1H3. The predicted molar refractivity (Wildman–Crippen MR) is 88.2 cm³/mol. The summed E-state index contributed by atoms with van der Waals surface area (Å²) in [4.78, 5) is 4.47. The summed E-state index contributed by atoms with van der Waals surface area (Å²) in [6.45, 7) is 1.52. The van der Waals surface area contributed by atoms with Gasteiger partial charge in [-0.2, -0.15) is 11.8 Å². The Morgan fingerprint density at radius 1 is 1.05 bits per heavy atom. The zero-order chi connectivity index (χ0) is 14.5. The Balaban J connectivity index is 1.63. The second kappa shape index (κ2) is 6.78. The van der Waals surface area contributed by atoms with Crippen LogP contribution in [-0.4, -0.2) is 11.2 Å². The summed E-state index contributed by atoms with van der Waals surface area (Å²) < 4.78 is 5.75. The van der Waals surface area contributed by atoms with Gasteiger partial charge in [0.05, 0.1) is 17.8 Å². The molecule has 0 aliphatic carbocycles. The van der Waals surface area contributed by atoms with Crippen molar-refractivity contribution in [2.75, 3.05) is 6.26 Å². The molecule has 0 atom stereocenters. The zero-order valence-electron chi connectivity index (χ0n) is 12.0. The first-order valence-electron chi connectivity index (χ1n) is 6.96. The van der Waals surface area contributed by atoms with Gasteiger partial charge in [-0.3, -0.25) is 4.98 Å². The third kappa shape index (κ3) is 3.46. The first-order valence-corrected chi connectivity index (χ1v) is 8.36. The van der Waals surface area contributed by atoms with E-state index in [4.69, 9.17) is 4.42 Å². The van der Waals surface area contributed by atoms with Crippen LogP contribution < -0.4 is 5.32 Å². The first-order chi connectivity index (χ1) is 10.4. The molecule has 3 nitrogen and oxygen atoms in total. The SMILES string of the molecule is CSCc1ccc(CNCc2cccc3cccnc23)o1. The molecule has 21 heavy (non-hydrogen) atoms. The number of para-hydroxylation sites is 1. The van der Waals surface area contributed by atoms with Crippen LogP contribution in [0.25, 0.3) is 10.9 Å². The van der Waals surface area contributed by atoms with Gasteiger partial charge in [0.1, 0.15) is 11.5 Å². The molecule has 1 N–H and O–H groups in total. The van der Waals surface area contributed by atoms with Gasteiger partial charge in [0.15, 0.2) is 0 Å². The topological polar surface area (TPSA) is 38.1 Å². The van der Waals surface area contributed by atoms with Gasteiger partial charge in [-0.25, -0.2) is 0 Å². The number of furan rings is 1. The van der Waals surface area contributed by atoms with E-state index in [-0.39, 0.29) is 0 Å². The minimum Gasteiger partial charge on any atom is -0.464 e. The van der Waals surface area contributed by atoms with E-state index >= 15 is 0 Å². The third-order valence-corrected chi connectivity index (χ3v) is 3.91. The van der Waals surface area contributed by atoms with Crippen molar-refractivity contribution in [2.24, 2.45) is 0 Å². The van der Waals surface area contributed by atoms with Crippen molar-refractivity contribution < 1.29 is 4.42 Å². The maximum absolute atomic E-state index is 5.75. The van der Waals surface area contributed by atoms with E-state index in [9.17, 15) is 0 Å². The molecule has 1 aromatic carbocycles. The van der Waals surface area contributed by atoms with Crippen molar-refractivity contribution in [3.8, 4) is 0 Å². The summed E-state index contributed by atoms with van der Waals surface area (Å²) in [7, 11) is 0. The predicted octanol–water partition coefficient (Wildman–Crippen LogP) is 3.98. The Hall–Kier alpha value is -1.78. The van der Waals surface area contributed by atoms with Gasteiger partial charge in [0, 0.05) is 18.1 Å². The van der Waals surface area contributed by atoms with Crippen LogP contribution in [0, 0.1) is 0 Å². The molecule has 2 heterocycles. The zero-order valence-corrected chi connectivity index (χ0v) is 12.8. The van der Waals surface area contributed by atoms with Crippen LogP contribution in [0.15, 0.2) is 53.1 Å². The molecule has 0 bridgehead atoms. The van der Waals surface area contributed by atoms with Gasteiger partial charge in [-0.1, -0.05) is 24.3 Å². The summed E-state index contributed by atoms with van der Waals surface area (Å²) >= 11 is 1.77. The van der Waals surface area contributed by atoms with E-state index in [0.29, 0.717) is 0 Å². The molecule has 108 valence electrons. The Bertz CT molecular complexity index is 718. The van der Waals surface area contributed by atoms with Crippen molar-refractivity contribution in [2.45, 2.75) is 18.8 Å². The molecule has 0 aliphatic rings. The molecular weight excluding hydrogens is 280 g/mol. The van der Waals surface area contributed by atoms with Crippen molar-refractivity contribution in [1.82, 2.24) is 10.3 Å². The minimum atomic E-state index is 0.734. The second-order valence-electron chi connectivity index (χ2n) is 4.90. The maximum atomic E-state index is 5.75. The average molecular weight is 298 g/mol. The van der Waals surface area contributed by atoms with Gasteiger partial charge < -0.3 is 9.73 Å². The highest BCUT2D eigenvalue weighted by molar-refractivity contribution is 7.97. The Morgan fingerprint density at radius 3 is 2.81 bits per heavy atom. The maximum Gasteiger partial charge on any atom is 0.118 e. The molecule has 3 rings (SSSR count). The van der Waals surface area contributed by atoms with Crippen molar-refractivity contribution in [3.63, 3.8) is 0 Å². The largest absolute Gasteiger partial charge is 0.464 e. The van der Waals surface area contributed by atoms with E-state index in [0.717, 1.165) is 35.9 Å². The van der Waals surface area contributed by atoms with Crippen LogP contribution >= 0.6 is 11.8 Å². The van der Waals surface area contributed by atoms with Crippen LogP contribution in [0.4, 0.5) is 0 Å². The normalized spacial score (nSPS) is 11.1. The summed E-state index contributed by atoms with van der Waals surface area (Å²) in [6, 6.07) is 14.4. The number of hydrogen-bond acceptors (Lipinski definition) is 4. The second-order valence-corrected chi connectivity index (χ2v) is 5.76.